The summed E-state index contributed by atoms with van der Waals surface area (Å²) in [7, 11) is 0. The molecule has 1 unspecified atom stereocenters. The van der Waals surface area contributed by atoms with Gasteiger partial charge >= 0.3 is 0 Å². The van der Waals surface area contributed by atoms with Gasteiger partial charge < -0.3 is 0 Å². The maximum absolute atomic E-state index is 12.7. The van der Waals surface area contributed by atoms with Crippen molar-refractivity contribution in [2.75, 3.05) is 13.1 Å². The summed E-state index contributed by atoms with van der Waals surface area (Å²) in [6, 6.07) is 0. The number of likely N-dealkylation sites (tertiary alicyclic amines) is 1. The normalized spacial score (nSPS) is 21.5. The van der Waals surface area contributed by atoms with Gasteiger partial charge in [-0.25, -0.2) is 0 Å². The number of carbonyl (C=O) groups excluding carboxylic acids is 1. The van der Waals surface area contributed by atoms with Crippen LogP contribution in [0.5, 0.6) is 0 Å². The number of rotatable bonds is 6. The zero-order valence-corrected chi connectivity index (χ0v) is 12.1. The molecule has 1 rings (SSSR count). The summed E-state index contributed by atoms with van der Waals surface area (Å²) >= 11 is 0. The molecule has 0 aromatic rings. The molecule has 1 fully saturated rings. The van der Waals surface area contributed by atoms with Crippen LogP contribution in [0, 0.1) is 5.92 Å². The summed E-state index contributed by atoms with van der Waals surface area (Å²) < 4.78 is 0. The van der Waals surface area contributed by atoms with Crippen LogP contribution in [0.3, 0.4) is 0 Å². The van der Waals surface area contributed by atoms with Gasteiger partial charge in [-0.3, -0.25) is 9.69 Å². The van der Waals surface area contributed by atoms with Gasteiger partial charge in [-0.15, -0.1) is 0 Å². The molecule has 0 radical (unpaired) electrons. The molecular weight excluding hydrogens is 210 g/mol. The maximum atomic E-state index is 12.7. The predicted molar refractivity (Wildman–Crippen MR) is 73.2 cm³/mol. The largest absolute Gasteiger partial charge is 0.297 e. The molecule has 2 heteroatoms. The highest BCUT2D eigenvalue weighted by Crippen LogP contribution is 2.29. The molecule has 0 aromatic heterocycles. The molecule has 0 amide bonds. The number of Topliss-reactive ketones (excluding diaryl/α,β-unsaturated/α-hetero) is 1. The van der Waals surface area contributed by atoms with Crippen LogP contribution in [-0.2, 0) is 4.79 Å². The zero-order valence-electron chi connectivity index (χ0n) is 12.1. The SMILES string of the molecule is CCC(CC)C(=O)C(C)(CC)N1CCCCC1. The monoisotopic (exact) mass is 239 g/mol. The van der Waals surface area contributed by atoms with E-state index in [9.17, 15) is 4.79 Å². The molecule has 2 nitrogen and oxygen atoms in total. The van der Waals surface area contributed by atoms with Gasteiger partial charge in [0.1, 0.15) is 0 Å². The second-order valence-electron chi connectivity index (χ2n) is 5.55. The van der Waals surface area contributed by atoms with E-state index >= 15 is 0 Å². The molecule has 0 saturated carbocycles. The molecule has 1 aliphatic heterocycles. The number of ketones is 1. The Morgan fingerprint density at radius 1 is 1.12 bits per heavy atom. The minimum atomic E-state index is -0.211. The van der Waals surface area contributed by atoms with Gasteiger partial charge in [0, 0.05) is 5.92 Å². The van der Waals surface area contributed by atoms with Crippen LogP contribution in [-0.4, -0.2) is 29.3 Å². The topological polar surface area (TPSA) is 20.3 Å². The van der Waals surface area contributed by atoms with Crippen LogP contribution in [0.2, 0.25) is 0 Å². The van der Waals surface area contributed by atoms with Gasteiger partial charge in [0.05, 0.1) is 5.54 Å². The highest BCUT2D eigenvalue weighted by atomic mass is 16.1. The van der Waals surface area contributed by atoms with E-state index < -0.39 is 0 Å². The van der Waals surface area contributed by atoms with Crippen LogP contribution < -0.4 is 0 Å². The Kier molecular flexibility index (Phi) is 5.64. The number of carbonyl (C=O) groups is 1. The van der Waals surface area contributed by atoms with E-state index in [1.165, 1.54) is 19.3 Å². The molecule has 1 atom stereocenters. The average molecular weight is 239 g/mol. The van der Waals surface area contributed by atoms with Crippen molar-refractivity contribution in [2.24, 2.45) is 5.92 Å². The van der Waals surface area contributed by atoms with E-state index in [-0.39, 0.29) is 11.5 Å². The van der Waals surface area contributed by atoms with Gasteiger partial charge in [0.15, 0.2) is 5.78 Å². The van der Waals surface area contributed by atoms with Crippen molar-refractivity contribution in [1.82, 2.24) is 4.90 Å². The van der Waals surface area contributed by atoms with E-state index in [4.69, 9.17) is 0 Å². The van der Waals surface area contributed by atoms with E-state index in [0.717, 1.165) is 32.4 Å². The quantitative estimate of drug-likeness (QED) is 0.705. The van der Waals surface area contributed by atoms with Crippen LogP contribution in [0.4, 0.5) is 0 Å². The van der Waals surface area contributed by atoms with E-state index in [0.29, 0.717) is 5.78 Å². The van der Waals surface area contributed by atoms with Crippen LogP contribution in [0.25, 0.3) is 0 Å². The van der Waals surface area contributed by atoms with E-state index in [1.807, 2.05) is 0 Å². The molecule has 17 heavy (non-hydrogen) atoms. The zero-order chi connectivity index (χ0) is 12.9. The Labute approximate surface area is 107 Å². The number of nitrogens with zero attached hydrogens (tertiary/aromatic N) is 1. The summed E-state index contributed by atoms with van der Waals surface area (Å²) in [5.74, 6) is 0.730. The third kappa shape index (κ3) is 3.09. The molecular formula is C15H29NO. The second kappa shape index (κ2) is 6.53. The third-order valence-corrected chi connectivity index (χ3v) is 4.63. The minimum Gasteiger partial charge on any atom is -0.297 e. The summed E-state index contributed by atoms with van der Waals surface area (Å²) in [5, 5.41) is 0. The predicted octanol–water partition coefficient (Wildman–Crippen LogP) is 3.65. The van der Waals surface area contributed by atoms with Crippen molar-refractivity contribution in [3.8, 4) is 0 Å². The number of hydrogen-bond donors (Lipinski definition) is 0. The summed E-state index contributed by atoms with van der Waals surface area (Å²) in [6.07, 6.45) is 6.76. The molecule has 100 valence electrons. The maximum Gasteiger partial charge on any atom is 0.155 e. The van der Waals surface area contributed by atoms with Crippen molar-refractivity contribution in [3.05, 3.63) is 0 Å². The highest BCUT2D eigenvalue weighted by molar-refractivity contribution is 5.90. The van der Waals surface area contributed by atoms with Gasteiger partial charge in [-0.05, 0) is 52.1 Å². The number of piperidine rings is 1. The first kappa shape index (κ1) is 14.7. The smallest absolute Gasteiger partial charge is 0.155 e. The Morgan fingerprint density at radius 2 is 1.65 bits per heavy atom. The fraction of sp³-hybridized carbons (Fsp3) is 0.933. The molecule has 0 N–H and O–H groups in total. The average Bonchev–Trinajstić information content (AvgIpc) is 2.40. The number of hydrogen-bond acceptors (Lipinski definition) is 2. The molecule has 0 bridgehead atoms. The third-order valence-electron chi connectivity index (χ3n) is 4.63. The Morgan fingerprint density at radius 3 is 2.06 bits per heavy atom. The van der Waals surface area contributed by atoms with Crippen molar-refractivity contribution in [2.45, 2.75) is 71.8 Å². The molecule has 1 aliphatic rings. The Hall–Kier alpha value is -0.370. The molecule has 0 spiro atoms. The fourth-order valence-electron chi connectivity index (χ4n) is 3.04. The minimum absolute atomic E-state index is 0.211. The Balaban J connectivity index is 2.81. The van der Waals surface area contributed by atoms with Crippen molar-refractivity contribution < 1.29 is 4.79 Å². The van der Waals surface area contributed by atoms with Gasteiger partial charge in [-0.2, -0.15) is 0 Å². The summed E-state index contributed by atoms with van der Waals surface area (Å²) in [6.45, 7) is 10.8. The van der Waals surface area contributed by atoms with Gasteiger partial charge in [0.2, 0.25) is 0 Å². The highest BCUT2D eigenvalue weighted by Gasteiger charge is 2.40. The lowest BCUT2D eigenvalue weighted by Crippen LogP contribution is -2.55. The first-order chi connectivity index (χ1) is 8.10. The molecule has 0 aliphatic carbocycles. The lowest BCUT2D eigenvalue weighted by molar-refractivity contribution is -0.135. The van der Waals surface area contributed by atoms with Crippen LogP contribution >= 0.6 is 0 Å². The molecule has 0 aromatic carbocycles. The molecule has 1 heterocycles. The van der Waals surface area contributed by atoms with Crippen LogP contribution in [0.15, 0.2) is 0 Å². The standard InChI is InChI=1S/C15H29NO/c1-5-13(6-2)14(17)15(4,7-3)16-11-9-8-10-12-16/h13H,5-12H2,1-4H3. The van der Waals surface area contributed by atoms with Gasteiger partial charge in [0.25, 0.3) is 0 Å². The summed E-state index contributed by atoms with van der Waals surface area (Å²) in [4.78, 5) is 15.2. The first-order valence-corrected chi connectivity index (χ1v) is 7.39. The molecule has 1 saturated heterocycles. The van der Waals surface area contributed by atoms with Gasteiger partial charge in [-0.1, -0.05) is 27.2 Å². The lowest BCUT2D eigenvalue weighted by atomic mass is 9.80. The van der Waals surface area contributed by atoms with E-state index in [1.54, 1.807) is 0 Å². The summed E-state index contributed by atoms with van der Waals surface area (Å²) in [5.41, 5.74) is -0.211. The van der Waals surface area contributed by atoms with Crippen LogP contribution in [0.1, 0.15) is 66.2 Å². The first-order valence-electron chi connectivity index (χ1n) is 7.39. The van der Waals surface area contributed by atoms with Crippen molar-refractivity contribution in [1.29, 1.82) is 0 Å². The van der Waals surface area contributed by atoms with E-state index in [2.05, 4.69) is 32.6 Å². The fourth-order valence-corrected chi connectivity index (χ4v) is 3.04. The Bertz CT molecular complexity index is 241. The lowest BCUT2D eigenvalue weighted by Gasteiger charge is -2.43. The second-order valence-corrected chi connectivity index (χ2v) is 5.55. The van der Waals surface area contributed by atoms with Crippen molar-refractivity contribution in [3.63, 3.8) is 0 Å². The van der Waals surface area contributed by atoms with Crippen molar-refractivity contribution >= 4 is 5.78 Å².